The van der Waals surface area contributed by atoms with Gasteiger partial charge >= 0.3 is 0 Å². The zero-order chi connectivity index (χ0) is 12.4. The maximum atomic E-state index is 13.8. The fraction of sp³-hybridized carbons (Fsp3) is 0.154. The summed E-state index contributed by atoms with van der Waals surface area (Å²) < 4.78 is 18.9. The minimum absolute atomic E-state index is 0.0562. The molecule has 0 spiro atoms. The van der Waals surface area contributed by atoms with Crippen LogP contribution in [0.1, 0.15) is 5.56 Å². The van der Waals surface area contributed by atoms with E-state index in [-0.39, 0.29) is 5.75 Å². The lowest BCUT2D eigenvalue weighted by atomic mass is 10.0. The van der Waals surface area contributed by atoms with Crippen LogP contribution in [-0.4, -0.2) is 17.2 Å². The second-order valence-electron chi connectivity index (χ2n) is 3.69. The molecule has 2 aromatic rings. The predicted molar refractivity (Wildman–Crippen MR) is 62.6 cm³/mol. The number of phenols is 1. The Labute approximate surface area is 98.5 Å². The molecule has 4 heteroatoms. The van der Waals surface area contributed by atoms with Crippen molar-refractivity contribution in [3.63, 3.8) is 0 Å². The van der Waals surface area contributed by atoms with E-state index in [0.717, 1.165) is 6.07 Å². The van der Waals surface area contributed by atoms with Crippen molar-refractivity contribution < 1.29 is 14.2 Å². The standard InChI is InChI=1S/C13H12FNO2/c1-8-5-10(11(14)6-12(8)16)9-3-4-15-7-13(9)17-2/h3-7,16H,1-2H3. The molecule has 1 N–H and O–H groups in total. The highest BCUT2D eigenvalue weighted by atomic mass is 19.1. The van der Waals surface area contributed by atoms with E-state index in [1.165, 1.54) is 13.3 Å². The first-order valence-corrected chi connectivity index (χ1v) is 5.11. The molecule has 0 unspecified atom stereocenters. The quantitative estimate of drug-likeness (QED) is 0.867. The van der Waals surface area contributed by atoms with Crippen molar-refractivity contribution in [2.24, 2.45) is 0 Å². The molecule has 0 saturated heterocycles. The summed E-state index contributed by atoms with van der Waals surface area (Å²) in [7, 11) is 1.51. The number of methoxy groups -OCH3 is 1. The van der Waals surface area contributed by atoms with Crippen LogP contribution in [0.4, 0.5) is 4.39 Å². The molecule has 0 aliphatic heterocycles. The molecule has 0 bridgehead atoms. The maximum Gasteiger partial charge on any atom is 0.145 e. The maximum absolute atomic E-state index is 13.8. The monoisotopic (exact) mass is 233 g/mol. The van der Waals surface area contributed by atoms with E-state index in [1.54, 1.807) is 25.3 Å². The van der Waals surface area contributed by atoms with Crippen LogP contribution in [0.15, 0.2) is 30.6 Å². The van der Waals surface area contributed by atoms with Gasteiger partial charge in [0.25, 0.3) is 0 Å². The van der Waals surface area contributed by atoms with Crippen LogP contribution in [0.2, 0.25) is 0 Å². The molecular formula is C13H12FNO2. The third kappa shape index (κ3) is 2.06. The van der Waals surface area contributed by atoms with Gasteiger partial charge in [-0.3, -0.25) is 4.98 Å². The Hall–Kier alpha value is -2.10. The van der Waals surface area contributed by atoms with Crippen molar-refractivity contribution in [2.45, 2.75) is 6.92 Å². The molecule has 88 valence electrons. The first kappa shape index (κ1) is 11.4. The van der Waals surface area contributed by atoms with Gasteiger partial charge in [-0.25, -0.2) is 4.39 Å². The Morgan fingerprint density at radius 3 is 2.76 bits per heavy atom. The van der Waals surface area contributed by atoms with Crippen molar-refractivity contribution in [2.75, 3.05) is 7.11 Å². The molecular weight excluding hydrogens is 221 g/mol. The van der Waals surface area contributed by atoms with Crippen LogP contribution >= 0.6 is 0 Å². The molecule has 1 aromatic carbocycles. The van der Waals surface area contributed by atoms with Crippen molar-refractivity contribution >= 4 is 0 Å². The van der Waals surface area contributed by atoms with Gasteiger partial charge in [0.15, 0.2) is 0 Å². The highest BCUT2D eigenvalue weighted by molar-refractivity contribution is 5.71. The molecule has 0 aliphatic carbocycles. The molecule has 1 heterocycles. The molecule has 17 heavy (non-hydrogen) atoms. The lowest BCUT2D eigenvalue weighted by Gasteiger charge is -2.10. The highest BCUT2D eigenvalue weighted by Gasteiger charge is 2.12. The molecule has 0 saturated carbocycles. The summed E-state index contributed by atoms with van der Waals surface area (Å²) in [5.74, 6) is -0.0478. The number of hydrogen-bond acceptors (Lipinski definition) is 3. The van der Waals surface area contributed by atoms with E-state index in [2.05, 4.69) is 4.98 Å². The molecule has 3 nitrogen and oxygen atoms in total. The predicted octanol–water partition coefficient (Wildman–Crippen LogP) is 2.91. The van der Waals surface area contributed by atoms with Gasteiger partial charge in [-0.1, -0.05) is 0 Å². The Kier molecular flexibility index (Phi) is 2.95. The zero-order valence-electron chi connectivity index (χ0n) is 9.57. The van der Waals surface area contributed by atoms with Crippen LogP contribution in [0.3, 0.4) is 0 Å². The number of benzene rings is 1. The summed E-state index contributed by atoms with van der Waals surface area (Å²) in [5, 5.41) is 9.41. The van der Waals surface area contributed by atoms with Crippen LogP contribution in [0.5, 0.6) is 11.5 Å². The molecule has 2 rings (SSSR count). The topological polar surface area (TPSA) is 42.4 Å². The summed E-state index contributed by atoms with van der Waals surface area (Å²) in [6.45, 7) is 1.71. The number of halogens is 1. The average molecular weight is 233 g/mol. The van der Waals surface area contributed by atoms with Crippen LogP contribution < -0.4 is 4.74 Å². The normalized spacial score (nSPS) is 10.3. The van der Waals surface area contributed by atoms with Crippen molar-refractivity contribution in [1.82, 2.24) is 4.98 Å². The summed E-state index contributed by atoms with van der Waals surface area (Å²) >= 11 is 0. The van der Waals surface area contributed by atoms with Crippen molar-refractivity contribution in [3.8, 4) is 22.6 Å². The molecule has 0 radical (unpaired) electrons. The molecule has 0 fully saturated rings. The number of pyridine rings is 1. The lowest BCUT2D eigenvalue weighted by Crippen LogP contribution is -1.92. The number of aryl methyl sites for hydroxylation is 1. The number of hydrogen-bond donors (Lipinski definition) is 1. The molecule has 1 aromatic heterocycles. The van der Waals surface area contributed by atoms with E-state index in [0.29, 0.717) is 22.4 Å². The number of rotatable bonds is 2. The molecule has 0 amide bonds. The lowest BCUT2D eigenvalue weighted by molar-refractivity contribution is 0.414. The Morgan fingerprint density at radius 1 is 1.29 bits per heavy atom. The fourth-order valence-corrected chi connectivity index (χ4v) is 1.64. The van der Waals surface area contributed by atoms with E-state index in [4.69, 9.17) is 4.74 Å². The number of ether oxygens (including phenoxy) is 1. The van der Waals surface area contributed by atoms with Gasteiger partial charge in [0.1, 0.15) is 17.3 Å². The second kappa shape index (κ2) is 4.41. The smallest absolute Gasteiger partial charge is 0.145 e. The van der Waals surface area contributed by atoms with Crippen molar-refractivity contribution in [3.05, 3.63) is 42.0 Å². The third-order valence-corrected chi connectivity index (χ3v) is 2.58. The van der Waals surface area contributed by atoms with Crippen LogP contribution in [0.25, 0.3) is 11.1 Å². The summed E-state index contributed by atoms with van der Waals surface area (Å²) in [6.07, 6.45) is 3.09. The number of aromatic hydroxyl groups is 1. The Morgan fingerprint density at radius 2 is 2.06 bits per heavy atom. The summed E-state index contributed by atoms with van der Waals surface area (Å²) in [6, 6.07) is 4.36. The Balaban J connectivity index is 2.64. The van der Waals surface area contributed by atoms with E-state index < -0.39 is 5.82 Å². The minimum Gasteiger partial charge on any atom is -0.508 e. The second-order valence-corrected chi connectivity index (χ2v) is 3.69. The van der Waals surface area contributed by atoms with E-state index in [9.17, 15) is 9.50 Å². The van der Waals surface area contributed by atoms with Gasteiger partial charge in [0.05, 0.1) is 13.3 Å². The van der Waals surface area contributed by atoms with Gasteiger partial charge in [-0.2, -0.15) is 0 Å². The highest BCUT2D eigenvalue weighted by Crippen LogP contribution is 2.33. The average Bonchev–Trinajstić information content (AvgIpc) is 2.34. The number of nitrogens with zero attached hydrogens (tertiary/aromatic N) is 1. The Bertz CT molecular complexity index is 555. The van der Waals surface area contributed by atoms with E-state index in [1.807, 2.05) is 0 Å². The van der Waals surface area contributed by atoms with Crippen LogP contribution in [0, 0.1) is 12.7 Å². The number of aromatic nitrogens is 1. The summed E-state index contributed by atoms with van der Waals surface area (Å²) in [5.41, 5.74) is 1.61. The molecule has 0 aliphatic rings. The van der Waals surface area contributed by atoms with Gasteiger partial charge in [0, 0.05) is 23.4 Å². The first-order valence-electron chi connectivity index (χ1n) is 5.11. The van der Waals surface area contributed by atoms with Gasteiger partial charge < -0.3 is 9.84 Å². The molecule has 0 atom stereocenters. The SMILES string of the molecule is COc1cnccc1-c1cc(C)c(O)cc1F. The van der Waals surface area contributed by atoms with E-state index >= 15 is 0 Å². The van der Waals surface area contributed by atoms with Gasteiger partial charge in [0.2, 0.25) is 0 Å². The fourth-order valence-electron chi connectivity index (χ4n) is 1.64. The van der Waals surface area contributed by atoms with Crippen molar-refractivity contribution in [1.29, 1.82) is 0 Å². The first-order chi connectivity index (χ1) is 8.13. The summed E-state index contributed by atoms with van der Waals surface area (Å²) in [4.78, 5) is 3.91. The van der Waals surface area contributed by atoms with Gasteiger partial charge in [-0.15, -0.1) is 0 Å². The zero-order valence-corrected chi connectivity index (χ0v) is 9.57. The minimum atomic E-state index is -0.488. The largest absolute Gasteiger partial charge is 0.508 e. The number of phenolic OH excluding ortho intramolecular Hbond substituents is 1. The van der Waals surface area contributed by atoms with Crippen LogP contribution in [-0.2, 0) is 0 Å². The van der Waals surface area contributed by atoms with Gasteiger partial charge in [-0.05, 0) is 24.6 Å². The third-order valence-electron chi connectivity index (χ3n) is 2.58.